The van der Waals surface area contributed by atoms with E-state index >= 15 is 0 Å². The average molecular weight is 309 g/mol. The van der Waals surface area contributed by atoms with Crippen LogP contribution in [0.2, 0.25) is 0 Å². The van der Waals surface area contributed by atoms with Crippen molar-refractivity contribution in [2.45, 2.75) is 13.8 Å². The standard InChI is InChI=1S/C13H12FN3O3S/c1-3-16(13-15-8(2)7-21-13)12(18)10-5-4-9(17(19)20)6-11(10)14/h4-7H,3H2,1-2H3. The molecule has 0 saturated heterocycles. The summed E-state index contributed by atoms with van der Waals surface area (Å²) in [6.45, 7) is 3.87. The third-order valence-corrected chi connectivity index (χ3v) is 3.77. The fraction of sp³-hybridized carbons (Fsp3) is 0.231. The van der Waals surface area contributed by atoms with Crippen LogP contribution in [0.5, 0.6) is 0 Å². The molecule has 6 nitrogen and oxygen atoms in total. The molecule has 110 valence electrons. The van der Waals surface area contributed by atoms with E-state index in [4.69, 9.17) is 0 Å². The van der Waals surface area contributed by atoms with Crippen molar-refractivity contribution in [3.05, 3.63) is 50.8 Å². The van der Waals surface area contributed by atoms with Crippen LogP contribution < -0.4 is 4.90 Å². The van der Waals surface area contributed by atoms with Crippen molar-refractivity contribution >= 4 is 28.1 Å². The van der Waals surface area contributed by atoms with Crippen LogP contribution in [-0.2, 0) is 0 Å². The number of hydrogen-bond donors (Lipinski definition) is 0. The summed E-state index contributed by atoms with van der Waals surface area (Å²) < 4.78 is 13.9. The first-order valence-corrected chi connectivity index (χ1v) is 7.00. The van der Waals surface area contributed by atoms with Gasteiger partial charge in [0, 0.05) is 18.0 Å². The summed E-state index contributed by atoms with van der Waals surface area (Å²) in [5, 5.41) is 12.8. The van der Waals surface area contributed by atoms with Gasteiger partial charge in [-0.05, 0) is 19.9 Å². The number of rotatable bonds is 4. The van der Waals surface area contributed by atoms with Crippen LogP contribution in [0, 0.1) is 22.9 Å². The number of hydrogen-bond acceptors (Lipinski definition) is 5. The molecule has 21 heavy (non-hydrogen) atoms. The fourth-order valence-corrected chi connectivity index (χ4v) is 2.63. The summed E-state index contributed by atoms with van der Waals surface area (Å²) in [5.74, 6) is -1.49. The van der Waals surface area contributed by atoms with Gasteiger partial charge in [-0.3, -0.25) is 19.8 Å². The Morgan fingerprint density at radius 1 is 1.52 bits per heavy atom. The van der Waals surface area contributed by atoms with Crippen molar-refractivity contribution in [3.8, 4) is 0 Å². The first kappa shape index (κ1) is 15.0. The second-order valence-corrected chi connectivity index (χ2v) is 5.08. The molecule has 1 amide bonds. The van der Waals surface area contributed by atoms with Crippen molar-refractivity contribution in [3.63, 3.8) is 0 Å². The number of thiazole rings is 1. The van der Waals surface area contributed by atoms with Gasteiger partial charge in [0.05, 0.1) is 22.2 Å². The monoisotopic (exact) mass is 309 g/mol. The van der Waals surface area contributed by atoms with Crippen molar-refractivity contribution in [2.24, 2.45) is 0 Å². The smallest absolute Gasteiger partial charge is 0.272 e. The lowest BCUT2D eigenvalue weighted by atomic mass is 10.1. The number of anilines is 1. The maximum absolute atomic E-state index is 13.9. The minimum Gasteiger partial charge on any atom is -0.284 e. The van der Waals surface area contributed by atoms with E-state index in [1.165, 1.54) is 16.2 Å². The molecule has 0 unspecified atom stereocenters. The second-order valence-electron chi connectivity index (χ2n) is 4.24. The van der Waals surface area contributed by atoms with E-state index in [0.29, 0.717) is 11.7 Å². The SMILES string of the molecule is CCN(C(=O)c1ccc([N+](=O)[O-])cc1F)c1nc(C)cs1. The summed E-state index contributed by atoms with van der Waals surface area (Å²) in [6, 6.07) is 2.98. The third kappa shape index (κ3) is 3.05. The van der Waals surface area contributed by atoms with Gasteiger partial charge < -0.3 is 0 Å². The number of aryl methyl sites for hydroxylation is 1. The van der Waals surface area contributed by atoms with Crippen LogP contribution in [0.4, 0.5) is 15.2 Å². The maximum Gasteiger partial charge on any atom is 0.272 e. The highest BCUT2D eigenvalue weighted by Crippen LogP contribution is 2.24. The van der Waals surface area contributed by atoms with Crippen LogP contribution in [0.3, 0.4) is 0 Å². The second kappa shape index (κ2) is 5.96. The van der Waals surface area contributed by atoms with E-state index in [9.17, 15) is 19.3 Å². The number of non-ortho nitro benzene ring substituents is 1. The lowest BCUT2D eigenvalue weighted by Crippen LogP contribution is -2.31. The number of carbonyl (C=O) groups excluding carboxylic acids is 1. The van der Waals surface area contributed by atoms with Crippen molar-refractivity contribution in [1.82, 2.24) is 4.98 Å². The Balaban J connectivity index is 2.36. The minimum atomic E-state index is -0.916. The number of benzene rings is 1. The van der Waals surface area contributed by atoms with E-state index in [1.807, 2.05) is 0 Å². The molecular weight excluding hydrogens is 297 g/mol. The molecule has 1 heterocycles. The Labute approximate surface area is 124 Å². The zero-order valence-electron chi connectivity index (χ0n) is 11.4. The molecule has 0 aliphatic carbocycles. The highest BCUT2D eigenvalue weighted by Gasteiger charge is 2.23. The van der Waals surface area contributed by atoms with Gasteiger partial charge >= 0.3 is 0 Å². The van der Waals surface area contributed by atoms with Crippen LogP contribution >= 0.6 is 11.3 Å². The predicted molar refractivity (Wildman–Crippen MR) is 77.3 cm³/mol. The van der Waals surface area contributed by atoms with Gasteiger partial charge in [-0.1, -0.05) is 0 Å². The highest BCUT2D eigenvalue weighted by molar-refractivity contribution is 7.14. The zero-order chi connectivity index (χ0) is 15.6. The Kier molecular flexibility index (Phi) is 4.27. The van der Waals surface area contributed by atoms with Gasteiger partial charge in [-0.25, -0.2) is 9.37 Å². The number of nitro benzene ring substituents is 1. The average Bonchev–Trinajstić information content (AvgIpc) is 2.85. The van der Waals surface area contributed by atoms with Gasteiger partial charge in [0.15, 0.2) is 5.13 Å². The number of carbonyl (C=O) groups is 1. The molecule has 0 aliphatic rings. The fourth-order valence-electron chi connectivity index (χ4n) is 1.77. The highest BCUT2D eigenvalue weighted by atomic mass is 32.1. The van der Waals surface area contributed by atoms with Crippen LogP contribution in [0.25, 0.3) is 0 Å². The molecule has 0 aliphatic heterocycles. The molecule has 1 aromatic carbocycles. The summed E-state index contributed by atoms with van der Waals surface area (Å²) in [7, 11) is 0. The van der Waals surface area contributed by atoms with E-state index in [0.717, 1.165) is 23.9 Å². The van der Waals surface area contributed by atoms with E-state index in [2.05, 4.69) is 4.98 Å². The molecule has 1 aromatic heterocycles. The number of halogens is 1. The minimum absolute atomic E-state index is 0.213. The number of nitrogens with zero attached hydrogens (tertiary/aromatic N) is 3. The Bertz CT molecular complexity index is 702. The molecule has 0 spiro atoms. The van der Waals surface area contributed by atoms with Gasteiger partial charge in [-0.2, -0.15) is 0 Å². The van der Waals surface area contributed by atoms with Gasteiger partial charge in [0.25, 0.3) is 11.6 Å². The molecule has 8 heteroatoms. The summed E-state index contributed by atoms with van der Waals surface area (Å²) in [4.78, 5) is 27.8. The molecule has 0 bridgehead atoms. The molecule has 0 N–H and O–H groups in total. The van der Waals surface area contributed by atoms with Crippen molar-refractivity contribution in [2.75, 3.05) is 11.4 Å². The predicted octanol–water partition coefficient (Wildman–Crippen LogP) is 3.17. The van der Waals surface area contributed by atoms with E-state index < -0.39 is 22.3 Å². The Hall–Kier alpha value is -2.35. The van der Waals surface area contributed by atoms with Crippen LogP contribution in [-0.4, -0.2) is 22.4 Å². The number of aromatic nitrogens is 1. The van der Waals surface area contributed by atoms with Crippen molar-refractivity contribution in [1.29, 1.82) is 0 Å². The summed E-state index contributed by atoms with van der Waals surface area (Å²) in [5.41, 5.74) is 0.165. The topological polar surface area (TPSA) is 76.3 Å². The lowest BCUT2D eigenvalue weighted by molar-refractivity contribution is -0.385. The third-order valence-electron chi connectivity index (χ3n) is 2.79. The molecule has 0 radical (unpaired) electrons. The molecule has 0 fully saturated rings. The first-order chi connectivity index (χ1) is 9.93. The van der Waals surface area contributed by atoms with Crippen LogP contribution in [0.1, 0.15) is 23.0 Å². The summed E-state index contributed by atoms with van der Waals surface area (Å²) in [6.07, 6.45) is 0. The quantitative estimate of drug-likeness (QED) is 0.642. The summed E-state index contributed by atoms with van der Waals surface area (Å²) >= 11 is 1.28. The maximum atomic E-state index is 13.9. The number of nitro groups is 1. The molecule has 2 rings (SSSR count). The van der Waals surface area contributed by atoms with E-state index in [-0.39, 0.29) is 5.56 Å². The molecule has 2 aromatic rings. The van der Waals surface area contributed by atoms with Crippen molar-refractivity contribution < 1.29 is 14.1 Å². The Morgan fingerprint density at radius 3 is 2.71 bits per heavy atom. The van der Waals surface area contributed by atoms with Gasteiger partial charge in [0.2, 0.25) is 0 Å². The normalized spacial score (nSPS) is 10.4. The largest absolute Gasteiger partial charge is 0.284 e. The molecule has 0 saturated carbocycles. The zero-order valence-corrected chi connectivity index (χ0v) is 12.2. The Morgan fingerprint density at radius 2 is 2.24 bits per heavy atom. The molecule has 0 atom stereocenters. The number of amides is 1. The lowest BCUT2D eigenvalue weighted by Gasteiger charge is -2.17. The van der Waals surface area contributed by atoms with Gasteiger partial charge in [-0.15, -0.1) is 11.3 Å². The van der Waals surface area contributed by atoms with Crippen LogP contribution in [0.15, 0.2) is 23.6 Å². The van der Waals surface area contributed by atoms with Gasteiger partial charge in [0.1, 0.15) is 5.82 Å². The van der Waals surface area contributed by atoms with E-state index in [1.54, 1.807) is 19.2 Å². The first-order valence-electron chi connectivity index (χ1n) is 6.12. The molecular formula is C13H12FN3O3S.